The molecule has 92 valence electrons. The molecule has 0 aliphatic heterocycles. The lowest BCUT2D eigenvalue weighted by atomic mass is 9.85. The second-order valence-electron chi connectivity index (χ2n) is 5.31. The number of nitrogens with two attached hydrogens (primary N) is 1. The summed E-state index contributed by atoms with van der Waals surface area (Å²) in [5.41, 5.74) is 6.15. The molecule has 0 rings (SSSR count). The minimum atomic E-state index is 0.288. The van der Waals surface area contributed by atoms with Crippen LogP contribution in [0.1, 0.15) is 26.7 Å². The van der Waals surface area contributed by atoms with E-state index in [0.29, 0.717) is 0 Å². The first-order chi connectivity index (χ1) is 6.93. The van der Waals surface area contributed by atoms with Crippen LogP contribution in [0, 0.1) is 5.41 Å². The smallest absolute Gasteiger partial charge is 0.0106 e. The van der Waals surface area contributed by atoms with Crippen molar-refractivity contribution in [2.75, 3.05) is 47.3 Å². The van der Waals surface area contributed by atoms with Crippen molar-refractivity contribution in [1.82, 2.24) is 9.80 Å². The van der Waals surface area contributed by atoms with Crippen LogP contribution in [-0.4, -0.2) is 57.1 Å². The fourth-order valence-corrected chi connectivity index (χ4v) is 1.95. The van der Waals surface area contributed by atoms with Gasteiger partial charge in [0.1, 0.15) is 0 Å². The predicted octanol–water partition coefficient (Wildman–Crippen LogP) is 1.24. The maximum atomic E-state index is 5.86. The Labute approximate surface area is 95.6 Å². The van der Waals surface area contributed by atoms with Crippen molar-refractivity contribution in [2.45, 2.75) is 26.7 Å². The molecule has 2 N–H and O–H groups in total. The van der Waals surface area contributed by atoms with Gasteiger partial charge in [-0.2, -0.15) is 0 Å². The Morgan fingerprint density at radius 2 is 1.73 bits per heavy atom. The molecule has 3 nitrogen and oxygen atoms in total. The summed E-state index contributed by atoms with van der Waals surface area (Å²) >= 11 is 0. The fourth-order valence-electron chi connectivity index (χ4n) is 1.95. The van der Waals surface area contributed by atoms with Crippen LogP contribution in [0.25, 0.3) is 0 Å². The first-order valence-electron chi connectivity index (χ1n) is 5.97. The SMILES string of the molecule is CCCC(C)(CN)CN(C)CCN(C)C. The molecule has 0 amide bonds. The van der Waals surface area contributed by atoms with Gasteiger partial charge in [-0.25, -0.2) is 0 Å². The second kappa shape index (κ2) is 7.20. The van der Waals surface area contributed by atoms with E-state index in [1.54, 1.807) is 0 Å². The molecule has 1 unspecified atom stereocenters. The van der Waals surface area contributed by atoms with Gasteiger partial charge < -0.3 is 15.5 Å². The van der Waals surface area contributed by atoms with Gasteiger partial charge in [0, 0.05) is 19.6 Å². The summed E-state index contributed by atoms with van der Waals surface area (Å²) in [7, 11) is 6.41. The molecule has 0 spiro atoms. The lowest BCUT2D eigenvalue weighted by Crippen LogP contribution is -2.41. The van der Waals surface area contributed by atoms with Crippen LogP contribution in [0.3, 0.4) is 0 Å². The molecule has 0 radical (unpaired) electrons. The predicted molar refractivity (Wildman–Crippen MR) is 68.1 cm³/mol. The van der Waals surface area contributed by atoms with Crippen molar-refractivity contribution >= 4 is 0 Å². The average Bonchev–Trinajstić information content (AvgIpc) is 2.15. The van der Waals surface area contributed by atoms with Crippen molar-refractivity contribution in [3.05, 3.63) is 0 Å². The molecule has 0 heterocycles. The van der Waals surface area contributed by atoms with Crippen LogP contribution in [0.5, 0.6) is 0 Å². The highest BCUT2D eigenvalue weighted by Crippen LogP contribution is 2.22. The third-order valence-corrected chi connectivity index (χ3v) is 2.93. The molecule has 0 aliphatic rings. The van der Waals surface area contributed by atoms with Gasteiger partial charge in [0.15, 0.2) is 0 Å². The molecule has 0 aromatic heterocycles. The molecule has 0 bridgehead atoms. The highest BCUT2D eigenvalue weighted by atomic mass is 15.2. The summed E-state index contributed by atoms with van der Waals surface area (Å²) in [6, 6.07) is 0. The highest BCUT2D eigenvalue weighted by molar-refractivity contribution is 4.78. The maximum absolute atomic E-state index is 5.86. The monoisotopic (exact) mass is 215 g/mol. The van der Waals surface area contributed by atoms with Crippen LogP contribution in [0.2, 0.25) is 0 Å². The van der Waals surface area contributed by atoms with Crippen LogP contribution in [0.4, 0.5) is 0 Å². The van der Waals surface area contributed by atoms with E-state index >= 15 is 0 Å². The molecule has 15 heavy (non-hydrogen) atoms. The summed E-state index contributed by atoms with van der Waals surface area (Å²) in [5, 5.41) is 0. The molecular formula is C12H29N3. The molecule has 0 saturated carbocycles. The summed E-state index contributed by atoms with van der Waals surface area (Å²) in [4.78, 5) is 4.61. The van der Waals surface area contributed by atoms with Gasteiger partial charge in [-0.1, -0.05) is 20.3 Å². The third kappa shape index (κ3) is 6.88. The van der Waals surface area contributed by atoms with Gasteiger partial charge >= 0.3 is 0 Å². The zero-order valence-electron chi connectivity index (χ0n) is 11.2. The van der Waals surface area contributed by atoms with E-state index in [4.69, 9.17) is 5.73 Å². The molecule has 0 aromatic rings. The molecule has 3 heteroatoms. The standard InChI is InChI=1S/C12H29N3/c1-6-7-12(2,10-13)11-15(5)9-8-14(3)4/h6-11,13H2,1-5H3. The summed E-state index contributed by atoms with van der Waals surface area (Å²) in [5.74, 6) is 0. The summed E-state index contributed by atoms with van der Waals surface area (Å²) < 4.78 is 0. The Balaban J connectivity index is 3.94. The largest absolute Gasteiger partial charge is 0.330 e. The Morgan fingerprint density at radius 1 is 1.13 bits per heavy atom. The molecule has 0 aliphatic carbocycles. The Hall–Kier alpha value is -0.120. The Morgan fingerprint density at radius 3 is 2.13 bits per heavy atom. The third-order valence-electron chi connectivity index (χ3n) is 2.93. The van der Waals surface area contributed by atoms with Crippen LogP contribution >= 0.6 is 0 Å². The van der Waals surface area contributed by atoms with E-state index in [-0.39, 0.29) is 5.41 Å². The summed E-state index contributed by atoms with van der Waals surface area (Å²) in [6.45, 7) is 8.64. The van der Waals surface area contributed by atoms with Gasteiger partial charge in [-0.3, -0.25) is 0 Å². The number of hydrogen-bond donors (Lipinski definition) is 1. The molecule has 1 atom stereocenters. The van der Waals surface area contributed by atoms with E-state index in [1.807, 2.05) is 0 Å². The number of nitrogens with zero attached hydrogens (tertiary/aromatic N) is 2. The Kier molecular flexibility index (Phi) is 7.14. The first-order valence-corrected chi connectivity index (χ1v) is 5.97. The van der Waals surface area contributed by atoms with E-state index < -0.39 is 0 Å². The minimum Gasteiger partial charge on any atom is -0.330 e. The van der Waals surface area contributed by atoms with E-state index in [0.717, 1.165) is 26.2 Å². The molecule has 0 saturated heterocycles. The van der Waals surface area contributed by atoms with E-state index in [9.17, 15) is 0 Å². The normalized spacial score (nSPS) is 16.0. The van der Waals surface area contributed by atoms with E-state index in [2.05, 4.69) is 44.8 Å². The highest BCUT2D eigenvalue weighted by Gasteiger charge is 2.22. The lowest BCUT2D eigenvalue weighted by Gasteiger charge is -2.33. The summed E-state index contributed by atoms with van der Waals surface area (Å²) in [6.07, 6.45) is 2.44. The maximum Gasteiger partial charge on any atom is 0.0106 e. The van der Waals surface area contributed by atoms with Gasteiger partial charge in [0.2, 0.25) is 0 Å². The van der Waals surface area contributed by atoms with Crippen molar-refractivity contribution < 1.29 is 0 Å². The quantitative estimate of drug-likeness (QED) is 0.661. The number of rotatable bonds is 8. The van der Waals surface area contributed by atoms with Crippen molar-refractivity contribution in [3.63, 3.8) is 0 Å². The minimum absolute atomic E-state index is 0.288. The number of likely N-dealkylation sites (N-methyl/N-ethyl adjacent to an activating group) is 2. The molecule has 0 aromatic carbocycles. The first kappa shape index (κ1) is 14.9. The molecular weight excluding hydrogens is 186 g/mol. The second-order valence-corrected chi connectivity index (χ2v) is 5.31. The molecule has 0 fully saturated rings. The van der Waals surface area contributed by atoms with Crippen molar-refractivity contribution in [2.24, 2.45) is 11.1 Å². The average molecular weight is 215 g/mol. The fraction of sp³-hybridized carbons (Fsp3) is 1.00. The van der Waals surface area contributed by atoms with Crippen molar-refractivity contribution in [3.8, 4) is 0 Å². The topological polar surface area (TPSA) is 32.5 Å². The number of hydrogen-bond acceptors (Lipinski definition) is 3. The Bertz CT molecular complexity index is 159. The van der Waals surface area contributed by atoms with Gasteiger partial charge in [-0.15, -0.1) is 0 Å². The zero-order chi connectivity index (χ0) is 11.9. The van der Waals surface area contributed by atoms with E-state index in [1.165, 1.54) is 12.8 Å². The van der Waals surface area contributed by atoms with Crippen molar-refractivity contribution in [1.29, 1.82) is 0 Å². The van der Waals surface area contributed by atoms with Gasteiger partial charge in [-0.05, 0) is 39.5 Å². The lowest BCUT2D eigenvalue weighted by molar-refractivity contribution is 0.174. The van der Waals surface area contributed by atoms with Gasteiger partial charge in [0.05, 0.1) is 0 Å². The van der Waals surface area contributed by atoms with Crippen LogP contribution in [-0.2, 0) is 0 Å². The zero-order valence-corrected chi connectivity index (χ0v) is 11.2. The van der Waals surface area contributed by atoms with Crippen LogP contribution < -0.4 is 5.73 Å². The van der Waals surface area contributed by atoms with Crippen LogP contribution in [0.15, 0.2) is 0 Å². The van der Waals surface area contributed by atoms with Gasteiger partial charge in [0.25, 0.3) is 0 Å².